The highest BCUT2D eigenvalue weighted by molar-refractivity contribution is 6.80. The highest BCUT2D eigenvalue weighted by Crippen LogP contribution is 2.23. The van der Waals surface area contributed by atoms with E-state index < -0.39 is 20.5 Å². The Hall–Kier alpha value is -1.76. The molecule has 0 spiro atoms. The van der Waals surface area contributed by atoms with Crippen LogP contribution in [0.2, 0.25) is 13.1 Å². The maximum Gasteiger partial charge on any atom is 0.407 e. The van der Waals surface area contributed by atoms with Gasteiger partial charge in [-0.3, -0.25) is 0 Å². The van der Waals surface area contributed by atoms with Crippen molar-refractivity contribution in [1.82, 2.24) is 9.80 Å². The van der Waals surface area contributed by atoms with Crippen molar-refractivity contribution in [2.75, 3.05) is 27.2 Å². The van der Waals surface area contributed by atoms with Crippen LogP contribution < -0.4 is 0 Å². The van der Waals surface area contributed by atoms with Crippen molar-refractivity contribution in [3.63, 3.8) is 0 Å². The Labute approximate surface area is 120 Å². The first-order valence-electron chi connectivity index (χ1n) is 6.34. The van der Waals surface area contributed by atoms with Crippen molar-refractivity contribution in [2.24, 2.45) is 0 Å². The van der Waals surface area contributed by atoms with Gasteiger partial charge < -0.3 is 19.3 Å². The fourth-order valence-electron chi connectivity index (χ4n) is 1.62. The van der Waals surface area contributed by atoms with Crippen LogP contribution in [-0.2, 0) is 4.43 Å². The second-order valence-corrected chi connectivity index (χ2v) is 8.98. The van der Waals surface area contributed by atoms with E-state index in [1.807, 2.05) is 37.7 Å². The maximum absolute atomic E-state index is 12.0. The first-order valence-corrected chi connectivity index (χ1v) is 9.25. The topological polar surface area (TPSA) is 70.1 Å². The van der Waals surface area contributed by atoms with E-state index in [0.717, 1.165) is 10.1 Å². The predicted molar refractivity (Wildman–Crippen MR) is 78.8 cm³/mol. The minimum atomic E-state index is -2.25. The third-order valence-electron chi connectivity index (χ3n) is 3.11. The molecule has 111 valence electrons. The Bertz CT molecular complexity index is 446. The summed E-state index contributed by atoms with van der Waals surface area (Å²) >= 11 is 0. The molecule has 2 amide bonds. The number of hydrogen-bond acceptors (Lipinski definition) is 3. The summed E-state index contributed by atoms with van der Waals surface area (Å²) in [4.78, 5) is 25.2. The summed E-state index contributed by atoms with van der Waals surface area (Å²) in [6.45, 7) is 4.46. The van der Waals surface area contributed by atoms with Crippen molar-refractivity contribution >= 4 is 20.5 Å². The standard InChI is InChI=1S/C13H21N2O4Si/c1-14(12(16)17)9-10-15(2)13(18)19-20(3,4)11-7-5-6-8-11/h5-8H,9-10H2,1-4H3,(H,16,17). The van der Waals surface area contributed by atoms with Gasteiger partial charge in [0.05, 0.1) is 0 Å². The van der Waals surface area contributed by atoms with E-state index in [2.05, 4.69) is 0 Å². The first-order chi connectivity index (χ1) is 9.24. The van der Waals surface area contributed by atoms with Gasteiger partial charge in [0.15, 0.2) is 0 Å². The van der Waals surface area contributed by atoms with Gasteiger partial charge in [0.1, 0.15) is 0 Å². The van der Waals surface area contributed by atoms with E-state index in [9.17, 15) is 9.59 Å². The summed E-state index contributed by atoms with van der Waals surface area (Å²) in [7, 11) is 0.815. The number of allylic oxidation sites excluding steroid dienone is 4. The van der Waals surface area contributed by atoms with Crippen LogP contribution in [0.4, 0.5) is 9.59 Å². The van der Waals surface area contributed by atoms with Crippen LogP contribution in [0.3, 0.4) is 0 Å². The van der Waals surface area contributed by atoms with E-state index >= 15 is 0 Å². The molecule has 1 aliphatic rings. The first kappa shape index (κ1) is 16.3. The number of rotatable bonds is 5. The van der Waals surface area contributed by atoms with Crippen LogP contribution in [0.5, 0.6) is 0 Å². The number of amides is 2. The summed E-state index contributed by atoms with van der Waals surface area (Å²) in [6, 6.07) is 0. The van der Waals surface area contributed by atoms with Gasteiger partial charge in [0, 0.05) is 33.6 Å². The molecule has 0 saturated carbocycles. The molecule has 0 heterocycles. The van der Waals surface area contributed by atoms with Crippen LogP contribution >= 0.6 is 0 Å². The van der Waals surface area contributed by atoms with Crippen LogP contribution in [0.1, 0.15) is 0 Å². The van der Waals surface area contributed by atoms with Gasteiger partial charge in [-0.25, -0.2) is 9.59 Å². The number of likely N-dealkylation sites (N-methyl/N-ethyl adjacent to an activating group) is 2. The number of carbonyl (C=O) groups excluding carboxylic acids is 1. The largest absolute Gasteiger partial charge is 0.500 e. The quantitative estimate of drug-likeness (QED) is 0.789. The smallest absolute Gasteiger partial charge is 0.407 e. The van der Waals surface area contributed by atoms with Gasteiger partial charge in [0.2, 0.25) is 0 Å². The molecule has 6 nitrogen and oxygen atoms in total. The van der Waals surface area contributed by atoms with Crippen LogP contribution in [-0.4, -0.2) is 62.6 Å². The van der Waals surface area contributed by atoms with E-state index in [4.69, 9.17) is 9.53 Å². The lowest BCUT2D eigenvalue weighted by Crippen LogP contribution is -2.43. The number of carbonyl (C=O) groups is 2. The predicted octanol–water partition coefficient (Wildman–Crippen LogP) is 2.11. The number of carboxylic acid groups (broad SMARTS) is 1. The van der Waals surface area contributed by atoms with Gasteiger partial charge in [-0.05, 0) is 18.3 Å². The van der Waals surface area contributed by atoms with E-state index in [0.29, 0.717) is 6.54 Å². The van der Waals surface area contributed by atoms with Crippen LogP contribution in [0.15, 0.2) is 23.4 Å². The van der Waals surface area contributed by atoms with Crippen molar-refractivity contribution in [3.8, 4) is 0 Å². The monoisotopic (exact) mass is 297 g/mol. The molecule has 20 heavy (non-hydrogen) atoms. The van der Waals surface area contributed by atoms with Gasteiger partial charge in [-0.2, -0.15) is 0 Å². The lowest BCUT2D eigenvalue weighted by molar-refractivity contribution is 0.140. The molecule has 0 aromatic carbocycles. The van der Waals surface area contributed by atoms with Crippen molar-refractivity contribution in [2.45, 2.75) is 13.1 Å². The summed E-state index contributed by atoms with van der Waals surface area (Å²) in [5.74, 6) is 0. The summed E-state index contributed by atoms with van der Waals surface area (Å²) in [5, 5.41) is 9.80. The summed E-state index contributed by atoms with van der Waals surface area (Å²) < 4.78 is 5.60. The Morgan fingerprint density at radius 2 is 1.80 bits per heavy atom. The molecule has 1 radical (unpaired) electrons. The molecule has 7 heteroatoms. The molecule has 0 aromatic heterocycles. The fourth-order valence-corrected chi connectivity index (χ4v) is 3.32. The second-order valence-electron chi connectivity index (χ2n) is 5.18. The molecular formula is C13H21N2O4Si. The Kier molecular flexibility index (Phi) is 5.38. The third kappa shape index (κ3) is 4.41. The zero-order valence-electron chi connectivity index (χ0n) is 12.3. The van der Waals surface area contributed by atoms with Gasteiger partial charge >= 0.3 is 12.2 Å². The fraction of sp³-hybridized carbons (Fsp3) is 0.462. The summed E-state index contributed by atoms with van der Waals surface area (Å²) in [5.41, 5.74) is 0. The zero-order chi connectivity index (χ0) is 15.3. The molecule has 0 fully saturated rings. The average molecular weight is 297 g/mol. The number of nitrogens with zero attached hydrogens (tertiary/aromatic N) is 2. The van der Waals surface area contributed by atoms with Crippen molar-refractivity contribution in [3.05, 3.63) is 29.8 Å². The normalized spacial score (nSPS) is 13.9. The Morgan fingerprint density at radius 1 is 1.20 bits per heavy atom. The average Bonchev–Trinajstić information content (AvgIpc) is 2.89. The zero-order valence-corrected chi connectivity index (χ0v) is 13.3. The highest BCUT2D eigenvalue weighted by Gasteiger charge is 2.33. The van der Waals surface area contributed by atoms with Crippen LogP contribution in [0.25, 0.3) is 0 Å². The molecular weight excluding hydrogens is 276 g/mol. The number of hydrogen-bond donors (Lipinski definition) is 1. The molecule has 0 atom stereocenters. The van der Waals surface area contributed by atoms with E-state index in [-0.39, 0.29) is 6.54 Å². The lowest BCUT2D eigenvalue weighted by Gasteiger charge is -2.28. The van der Waals surface area contributed by atoms with E-state index in [1.165, 1.54) is 11.9 Å². The molecule has 1 N–H and O–H groups in total. The Morgan fingerprint density at radius 3 is 2.30 bits per heavy atom. The second kappa shape index (κ2) is 6.60. The highest BCUT2D eigenvalue weighted by atomic mass is 28.4. The van der Waals surface area contributed by atoms with Gasteiger partial charge in [0.25, 0.3) is 8.32 Å². The molecule has 0 bridgehead atoms. The molecule has 1 aliphatic carbocycles. The molecule has 0 saturated heterocycles. The molecule has 0 aliphatic heterocycles. The minimum Gasteiger partial charge on any atom is -0.500 e. The van der Waals surface area contributed by atoms with E-state index in [1.54, 1.807) is 7.05 Å². The third-order valence-corrected chi connectivity index (χ3v) is 5.52. The van der Waals surface area contributed by atoms with Crippen molar-refractivity contribution in [1.29, 1.82) is 0 Å². The SMILES string of the molecule is CN(CCN(C)C(=O)O[Si](C)(C)C1=CC=C[CH]1)C(=O)O. The minimum absolute atomic E-state index is 0.249. The van der Waals surface area contributed by atoms with Gasteiger partial charge in [-0.15, -0.1) is 0 Å². The van der Waals surface area contributed by atoms with Gasteiger partial charge in [-0.1, -0.05) is 18.2 Å². The lowest BCUT2D eigenvalue weighted by atomic mass is 10.5. The molecule has 0 unspecified atom stereocenters. The molecule has 1 rings (SSSR count). The Balaban J connectivity index is 2.47. The summed E-state index contributed by atoms with van der Waals surface area (Å²) in [6.07, 6.45) is 6.32. The maximum atomic E-state index is 12.0. The van der Waals surface area contributed by atoms with Crippen LogP contribution in [0, 0.1) is 6.42 Å². The molecule has 0 aromatic rings. The van der Waals surface area contributed by atoms with Crippen molar-refractivity contribution < 1.29 is 19.1 Å².